The number of nitrogens with one attached hydrogen (secondary N) is 1. The highest BCUT2D eigenvalue weighted by molar-refractivity contribution is 9.10. The van der Waals surface area contributed by atoms with Crippen molar-refractivity contribution >= 4 is 15.9 Å². The Morgan fingerprint density at radius 2 is 1.80 bits per heavy atom. The molecule has 4 heteroatoms. The first-order valence-electron chi connectivity index (χ1n) is 4.91. The second kappa shape index (κ2) is 4.41. The quantitative estimate of drug-likeness (QED) is 0.917. The number of hydrogen-bond acceptors (Lipinski definition) is 3. The van der Waals surface area contributed by atoms with Crippen molar-refractivity contribution in [2.45, 2.75) is 12.5 Å². The Labute approximate surface area is 97.9 Å². The second-order valence-corrected chi connectivity index (χ2v) is 4.33. The lowest BCUT2D eigenvalue weighted by Crippen LogP contribution is -2.34. The molecule has 0 aliphatic carbocycles. The molecule has 1 aromatic rings. The van der Waals surface area contributed by atoms with E-state index in [1.54, 1.807) is 14.2 Å². The molecule has 1 unspecified atom stereocenters. The van der Waals surface area contributed by atoms with E-state index >= 15 is 0 Å². The van der Waals surface area contributed by atoms with Crippen LogP contribution in [0, 0.1) is 0 Å². The van der Waals surface area contributed by atoms with Gasteiger partial charge >= 0.3 is 0 Å². The molecule has 0 saturated carbocycles. The average Bonchev–Trinajstić information content (AvgIpc) is 2.17. The molecule has 1 aliphatic heterocycles. The molecule has 0 amide bonds. The van der Waals surface area contributed by atoms with E-state index in [2.05, 4.69) is 21.2 Å². The Balaban J connectivity index is 2.38. The van der Waals surface area contributed by atoms with E-state index in [0.717, 1.165) is 22.5 Å². The molecule has 1 aliphatic rings. The van der Waals surface area contributed by atoms with Gasteiger partial charge in [-0.15, -0.1) is 0 Å². The lowest BCUT2D eigenvalue weighted by atomic mass is 9.97. The summed E-state index contributed by atoms with van der Waals surface area (Å²) in [4.78, 5) is 0. The van der Waals surface area contributed by atoms with E-state index in [9.17, 15) is 0 Å². The smallest absolute Gasteiger partial charge is 0.137 e. The zero-order valence-corrected chi connectivity index (χ0v) is 10.4. The van der Waals surface area contributed by atoms with Gasteiger partial charge < -0.3 is 14.8 Å². The minimum absolute atomic E-state index is 0.445. The van der Waals surface area contributed by atoms with Crippen LogP contribution in [0.1, 0.15) is 18.0 Å². The third-order valence-corrected chi connectivity index (χ3v) is 3.48. The summed E-state index contributed by atoms with van der Waals surface area (Å²) in [6.45, 7) is 1.09. The van der Waals surface area contributed by atoms with E-state index in [0.29, 0.717) is 6.04 Å². The van der Waals surface area contributed by atoms with E-state index < -0.39 is 0 Å². The molecule has 82 valence electrons. The van der Waals surface area contributed by atoms with Crippen molar-refractivity contribution < 1.29 is 9.47 Å². The predicted molar refractivity (Wildman–Crippen MR) is 62.6 cm³/mol. The Morgan fingerprint density at radius 1 is 1.27 bits per heavy atom. The van der Waals surface area contributed by atoms with Gasteiger partial charge in [-0.25, -0.2) is 0 Å². The molecule has 1 atom stereocenters. The summed E-state index contributed by atoms with van der Waals surface area (Å²) < 4.78 is 11.5. The molecule has 1 heterocycles. The number of rotatable bonds is 3. The van der Waals surface area contributed by atoms with Gasteiger partial charge in [0.1, 0.15) is 16.0 Å². The molecule has 15 heavy (non-hydrogen) atoms. The lowest BCUT2D eigenvalue weighted by molar-refractivity contribution is 0.366. The largest absolute Gasteiger partial charge is 0.495 e. The van der Waals surface area contributed by atoms with Gasteiger partial charge in [0.15, 0.2) is 0 Å². The van der Waals surface area contributed by atoms with Crippen molar-refractivity contribution in [2.75, 3.05) is 20.8 Å². The van der Waals surface area contributed by atoms with E-state index in [4.69, 9.17) is 9.47 Å². The van der Waals surface area contributed by atoms with E-state index in [1.807, 2.05) is 12.1 Å². The zero-order chi connectivity index (χ0) is 10.8. The summed E-state index contributed by atoms with van der Waals surface area (Å²) in [6, 6.07) is 4.54. The van der Waals surface area contributed by atoms with Gasteiger partial charge in [0.2, 0.25) is 0 Å². The number of halogens is 1. The van der Waals surface area contributed by atoms with Crippen LogP contribution in [-0.2, 0) is 0 Å². The van der Waals surface area contributed by atoms with E-state index in [1.165, 1.54) is 12.0 Å². The Morgan fingerprint density at radius 3 is 2.13 bits per heavy atom. The normalized spacial score (nSPS) is 19.5. The van der Waals surface area contributed by atoms with Crippen molar-refractivity contribution in [2.24, 2.45) is 0 Å². The van der Waals surface area contributed by atoms with Crippen LogP contribution in [0.3, 0.4) is 0 Å². The summed E-state index contributed by atoms with van der Waals surface area (Å²) in [6.07, 6.45) is 1.17. The topological polar surface area (TPSA) is 30.5 Å². The summed E-state index contributed by atoms with van der Waals surface area (Å²) >= 11 is 3.45. The SMILES string of the molecule is COc1cc(C2CCN2)cc(OC)c1Br. The number of benzene rings is 1. The van der Waals surface area contributed by atoms with Gasteiger partial charge in [-0.05, 0) is 46.6 Å². The minimum Gasteiger partial charge on any atom is -0.495 e. The standard InChI is InChI=1S/C11H14BrNO2/c1-14-9-5-7(8-3-4-13-8)6-10(15-2)11(9)12/h5-6,8,13H,3-4H2,1-2H3. The van der Waals surface area contributed by atoms with Crippen LogP contribution in [0.5, 0.6) is 11.5 Å². The van der Waals surface area contributed by atoms with Crippen LogP contribution in [0.25, 0.3) is 0 Å². The third kappa shape index (κ3) is 1.96. The second-order valence-electron chi connectivity index (χ2n) is 3.53. The highest BCUT2D eigenvalue weighted by atomic mass is 79.9. The van der Waals surface area contributed by atoms with Crippen LogP contribution < -0.4 is 14.8 Å². The van der Waals surface area contributed by atoms with Crippen LogP contribution in [0.4, 0.5) is 0 Å². The van der Waals surface area contributed by atoms with Gasteiger partial charge in [0.05, 0.1) is 14.2 Å². The van der Waals surface area contributed by atoms with Crippen LogP contribution in [0.2, 0.25) is 0 Å². The molecule has 0 bridgehead atoms. The van der Waals surface area contributed by atoms with Crippen molar-refractivity contribution in [1.29, 1.82) is 0 Å². The van der Waals surface area contributed by atoms with Crippen LogP contribution in [-0.4, -0.2) is 20.8 Å². The predicted octanol–water partition coefficient (Wildman–Crippen LogP) is 2.50. The van der Waals surface area contributed by atoms with Crippen molar-refractivity contribution in [3.63, 3.8) is 0 Å². The number of hydrogen-bond donors (Lipinski definition) is 1. The van der Waals surface area contributed by atoms with Crippen LogP contribution >= 0.6 is 15.9 Å². The molecule has 1 fully saturated rings. The monoisotopic (exact) mass is 271 g/mol. The number of methoxy groups -OCH3 is 2. The van der Waals surface area contributed by atoms with Gasteiger partial charge in [-0.3, -0.25) is 0 Å². The minimum atomic E-state index is 0.445. The van der Waals surface area contributed by atoms with E-state index in [-0.39, 0.29) is 0 Å². The fourth-order valence-electron chi connectivity index (χ4n) is 1.66. The first-order chi connectivity index (χ1) is 7.26. The van der Waals surface area contributed by atoms with Crippen molar-refractivity contribution in [1.82, 2.24) is 5.32 Å². The van der Waals surface area contributed by atoms with Crippen molar-refractivity contribution in [3.8, 4) is 11.5 Å². The Kier molecular flexibility index (Phi) is 3.17. The van der Waals surface area contributed by atoms with Gasteiger partial charge in [-0.1, -0.05) is 0 Å². The molecule has 0 spiro atoms. The van der Waals surface area contributed by atoms with Crippen LogP contribution in [0.15, 0.2) is 16.6 Å². The summed E-state index contributed by atoms with van der Waals surface area (Å²) in [5.41, 5.74) is 1.22. The molecular weight excluding hydrogens is 258 g/mol. The fraction of sp³-hybridized carbons (Fsp3) is 0.455. The summed E-state index contributed by atoms with van der Waals surface area (Å²) in [5, 5.41) is 3.36. The molecule has 0 radical (unpaired) electrons. The zero-order valence-electron chi connectivity index (χ0n) is 8.84. The van der Waals surface area contributed by atoms with Gasteiger partial charge in [0.25, 0.3) is 0 Å². The third-order valence-electron chi connectivity index (χ3n) is 2.69. The highest BCUT2D eigenvalue weighted by Gasteiger charge is 2.21. The molecule has 3 nitrogen and oxygen atoms in total. The first kappa shape index (κ1) is 10.8. The highest BCUT2D eigenvalue weighted by Crippen LogP contribution is 2.38. The molecule has 0 aromatic heterocycles. The Hall–Kier alpha value is -0.740. The molecular formula is C11H14BrNO2. The summed E-state index contributed by atoms with van der Waals surface area (Å²) in [7, 11) is 3.33. The average molecular weight is 272 g/mol. The maximum atomic E-state index is 5.29. The Bertz CT molecular complexity index is 339. The molecule has 1 aromatic carbocycles. The maximum Gasteiger partial charge on any atom is 0.137 e. The lowest BCUT2D eigenvalue weighted by Gasteiger charge is -2.28. The summed E-state index contributed by atoms with van der Waals surface area (Å²) in [5.74, 6) is 1.64. The molecule has 1 saturated heterocycles. The maximum absolute atomic E-state index is 5.29. The first-order valence-corrected chi connectivity index (χ1v) is 5.70. The number of ether oxygens (including phenoxy) is 2. The van der Waals surface area contributed by atoms with Crippen molar-refractivity contribution in [3.05, 3.63) is 22.2 Å². The molecule has 1 N–H and O–H groups in total. The fourth-order valence-corrected chi connectivity index (χ4v) is 2.22. The van der Waals surface area contributed by atoms with Gasteiger partial charge in [0, 0.05) is 6.04 Å². The molecule has 2 rings (SSSR count). The van der Waals surface area contributed by atoms with Gasteiger partial charge in [-0.2, -0.15) is 0 Å².